The molecule has 0 aromatic carbocycles. The van der Waals surface area contributed by atoms with Gasteiger partial charge in [0.2, 0.25) is 0 Å². The molecule has 1 aliphatic heterocycles. The van der Waals surface area contributed by atoms with Gasteiger partial charge in [0.25, 0.3) is 0 Å². The van der Waals surface area contributed by atoms with Gasteiger partial charge in [0.1, 0.15) is 5.01 Å². The fourth-order valence-electron chi connectivity index (χ4n) is 1.36. The van der Waals surface area contributed by atoms with Crippen molar-refractivity contribution < 1.29 is 0 Å². The Labute approximate surface area is 80.8 Å². The first-order valence-electron chi connectivity index (χ1n) is 4.07. The van der Waals surface area contributed by atoms with Gasteiger partial charge in [0.15, 0.2) is 0 Å². The van der Waals surface area contributed by atoms with Crippen LogP contribution < -0.4 is 5.32 Å². The number of hydrogen-bond donors (Lipinski definition) is 1. The van der Waals surface area contributed by atoms with Gasteiger partial charge >= 0.3 is 0 Å². The monoisotopic (exact) mass is 200 g/mol. The fourth-order valence-corrected chi connectivity index (χ4v) is 3.14. The molecule has 0 bridgehead atoms. The average molecular weight is 200 g/mol. The summed E-state index contributed by atoms with van der Waals surface area (Å²) in [4.78, 5) is 6.05. The molecule has 0 saturated heterocycles. The largest absolute Gasteiger partial charge is 0.311 e. The summed E-state index contributed by atoms with van der Waals surface area (Å²) >= 11 is 3.71. The van der Waals surface area contributed by atoms with Crippen molar-refractivity contribution in [3.63, 3.8) is 0 Å². The van der Waals surface area contributed by atoms with Crippen LogP contribution in [-0.2, 0) is 18.7 Å². The molecule has 1 N–H and O–H groups in total. The van der Waals surface area contributed by atoms with E-state index in [1.165, 1.54) is 15.6 Å². The number of thioether (sulfide) groups is 1. The van der Waals surface area contributed by atoms with Gasteiger partial charge < -0.3 is 5.32 Å². The summed E-state index contributed by atoms with van der Waals surface area (Å²) in [5.41, 5.74) is 1.34. The zero-order chi connectivity index (χ0) is 8.39. The van der Waals surface area contributed by atoms with Crippen LogP contribution in [0.2, 0.25) is 0 Å². The van der Waals surface area contributed by atoms with Crippen LogP contribution in [0.15, 0.2) is 0 Å². The molecule has 0 radical (unpaired) electrons. The highest BCUT2D eigenvalue weighted by atomic mass is 32.2. The van der Waals surface area contributed by atoms with Crippen LogP contribution >= 0.6 is 23.1 Å². The number of aromatic nitrogens is 1. The van der Waals surface area contributed by atoms with E-state index in [0.29, 0.717) is 0 Å². The molecular formula is C8H12N2S2. The molecule has 66 valence electrons. The molecule has 0 amide bonds. The lowest BCUT2D eigenvalue weighted by Crippen LogP contribution is -2.22. The van der Waals surface area contributed by atoms with Crippen molar-refractivity contribution in [3.05, 3.63) is 15.6 Å². The minimum Gasteiger partial charge on any atom is -0.311 e. The van der Waals surface area contributed by atoms with Crippen LogP contribution in [0, 0.1) is 0 Å². The molecule has 2 rings (SSSR count). The molecule has 2 nitrogen and oxygen atoms in total. The summed E-state index contributed by atoms with van der Waals surface area (Å²) in [6.07, 6.45) is 3.23. The summed E-state index contributed by atoms with van der Waals surface area (Å²) in [5.74, 6) is 1.07. The Morgan fingerprint density at radius 2 is 2.58 bits per heavy atom. The highest BCUT2D eigenvalue weighted by Crippen LogP contribution is 2.23. The maximum absolute atomic E-state index is 4.60. The number of hydrogen-bond acceptors (Lipinski definition) is 4. The van der Waals surface area contributed by atoms with Crippen LogP contribution in [0.1, 0.15) is 15.6 Å². The van der Waals surface area contributed by atoms with Crippen molar-refractivity contribution in [1.29, 1.82) is 0 Å². The smallest absolute Gasteiger partial charge is 0.103 e. The van der Waals surface area contributed by atoms with Gasteiger partial charge in [-0.15, -0.1) is 11.3 Å². The lowest BCUT2D eigenvalue weighted by Gasteiger charge is -2.09. The van der Waals surface area contributed by atoms with E-state index in [0.717, 1.165) is 25.3 Å². The summed E-state index contributed by atoms with van der Waals surface area (Å²) in [6, 6.07) is 0. The number of fused-ring (bicyclic) bond motifs is 1. The SMILES string of the molecule is CSCc1nc2c(s1)CNCC2. The third-order valence-electron chi connectivity index (χ3n) is 1.91. The average Bonchev–Trinajstić information content (AvgIpc) is 2.47. The Kier molecular flexibility index (Phi) is 2.68. The van der Waals surface area contributed by atoms with Gasteiger partial charge in [0.05, 0.1) is 5.69 Å². The summed E-state index contributed by atoms with van der Waals surface area (Å²) in [5, 5.41) is 4.65. The first-order valence-corrected chi connectivity index (χ1v) is 6.28. The van der Waals surface area contributed by atoms with Crippen molar-refractivity contribution >= 4 is 23.1 Å². The summed E-state index contributed by atoms with van der Waals surface area (Å²) in [6.45, 7) is 2.12. The molecule has 0 unspecified atom stereocenters. The molecule has 0 atom stereocenters. The molecule has 0 fully saturated rings. The molecule has 1 aromatic heterocycles. The second-order valence-electron chi connectivity index (χ2n) is 2.84. The summed E-state index contributed by atoms with van der Waals surface area (Å²) < 4.78 is 0. The minimum absolute atomic E-state index is 1.03. The standard InChI is InChI=1S/C8H12N2S2/c1-11-5-8-10-6-2-3-9-4-7(6)12-8/h9H,2-5H2,1H3. The topological polar surface area (TPSA) is 24.9 Å². The number of rotatable bonds is 2. The number of nitrogens with zero attached hydrogens (tertiary/aromatic N) is 1. The van der Waals surface area contributed by atoms with Crippen LogP contribution in [0.3, 0.4) is 0 Å². The first-order chi connectivity index (χ1) is 5.90. The predicted molar refractivity (Wildman–Crippen MR) is 54.7 cm³/mol. The van der Waals surface area contributed by atoms with Crippen molar-refractivity contribution in [2.45, 2.75) is 18.7 Å². The van der Waals surface area contributed by atoms with Crippen LogP contribution in [-0.4, -0.2) is 17.8 Å². The first kappa shape index (κ1) is 8.53. The quantitative estimate of drug-likeness (QED) is 0.786. The van der Waals surface area contributed by atoms with E-state index in [1.807, 2.05) is 23.1 Å². The predicted octanol–water partition coefficient (Wildman–Crippen LogP) is 1.65. The van der Waals surface area contributed by atoms with E-state index < -0.39 is 0 Å². The fraction of sp³-hybridized carbons (Fsp3) is 0.625. The normalized spacial score (nSPS) is 16.1. The van der Waals surface area contributed by atoms with Crippen molar-refractivity contribution in [2.24, 2.45) is 0 Å². The van der Waals surface area contributed by atoms with Crippen molar-refractivity contribution in [3.8, 4) is 0 Å². The van der Waals surface area contributed by atoms with Crippen LogP contribution in [0.4, 0.5) is 0 Å². The highest BCUT2D eigenvalue weighted by Gasteiger charge is 2.13. The lowest BCUT2D eigenvalue weighted by atomic mass is 10.2. The minimum atomic E-state index is 1.03. The van der Waals surface area contributed by atoms with Gasteiger partial charge in [-0.3, -0.25) is 0 Å². The van der Waals surface area contributed by atoms with E-state index in [-0.39, 0.29) is 0 Å². The van der Waals surface area contributed by atoms with Gasteiger partial charge in [0, 0.05) is 30.1 Å². The summed E-state index contributed by atoms with van der Waals surface area (Å²) in [7, 11) is 0. The maximum atomic E-state index is 4.60. The van der Waals surface area contributed by atoms with E-state index >= 15 is 0 Å². The molecule has 1 aromatic rings. The molecule has 1 aliphatic rings. The van der Waals surface area contributed by atoms with Crippen LogP contribution in [0.25, 0.3) is 0 Å². The zero-order valence-corrected chi connectivity index (χ0v) is 8.73. The van der Waals surface area contributed by atoms with E-state index in [2.05, 4.69) is 16.6 Å². The van der Waals surface area contributed by atoms with Crippen molar-refractivity contribution in [1.82, 2.24) is 10.3 Å². The Morgan fingerprint density at radius 1 is 1.67 bits per heavy atom. The number of nitrogens with one attached hydrogen (secondary N) is 1. The molecule has 0 spiro atoms. The molecule has 0 saturated carbocycles. The molecule has 12 heavy (non-hydrogen) atoms. The zero-order valence-electron chi connectivity index (χ0n) is 7.09. The Bertz CT molecular complexity index is 247. The number of thiazole rings is 1. The van der Waals surface area contributed by atoms with Gasteiger partial charge in [-0.25, -0.2) is 4.98 Å². The lowest BCUT2D eigenvalue weighted by molar-refractivity contribution is 0.643. The Morgan fingerprint density at radius 3 is 3.33 bits per heavy atom. The van der Waals surface area contributed by atoms with E-state index in [9.17, 15) is 0 Å². The van der Waals surface area contributed by atoms with Gasteiger partial charge in [-0.1, -0.05) is 0 Å². The van der Waals surface area contributed by atoms with E-state index in [4.69, 9.17) is 0 Å². The van der Waals surface area contributed by atoms with Gasteiger partial charge in [-0.2, -0.15) is 11.8 Å². The third kappa shape index (κ3) is 1.65. The molecular weight excluding hydrogens is 188 g/mol. The molecule has 0 aliphatic carbocycles. The second kappa shape index (κ2) is 3.77. The second-order valence-corrected chi connectivity index (χ2v) is 4.87. The molecule has 4 heteroatoms. The van der Waals surface area contributed by atoms with E-state index in [1.54, 1.807) is 0 Å². The van der Waals surface area contributed by atoms with Crippen molar-refractivity contribution in [2.75, 3.05) is 12.8 Å². The maximum Gasteiger partial charge on any atom is 0.103 e. The Balaban J connectivity index is 2.20. The Hall–Kier alpha value is -0.0600. The van der Waals surface area contributed by atoms with Crippen LogP contribution in [0.5, 0.6) is 0 Å². The third-order valence-corrected chi connectivity index (χ3v) is 3.76. The van der Waals surface area contributed by atoms with Gasteiger partial charge in [-0.05, 0) is 6.26 Å². The highest BCUT2D eigenvalue weighted by molar-refractivity contribution is 7.97. The molecule has 2 heterocycles.